The summed E-state index contributed by atoms with van der Waals surface area (Å²) in [6.07, 6.45) is 1.43. The Labute approximate surface area is 138 Å². The van der Waals surface area contributed by atoms with Crippen molar-refractivity contribution < 1.29 is 9.53 Å². The van der Waals surface area contributed by atoms with Gasteiger partial charge in [-0.25, -0.2) is 0 Å². The highest BCUT2D eigenvalue weighted by atomic mass is 35.5. The fraction of sp³-hybridized carbons (Fsp3) is 0.0588. The Morgan fingerprint density at radius 3 is 2.45 bits per heavy atom. The quantitative estimate of drug-likeness (QED) is 0.459. The van der Waals surface area contributed by atoms with Gasteiger partial charge in [0, 0.05) is 5.56 Å². The van der Waals surface area contributed by atoms with E-state index in [0.717, 1.165) is 0 Å². The minimum atomic E-state index is -0.388. The molecule has 0 saturated carbocycles. The van der Waals surface area contributed by atoms with Gasteiger partial charge in [-0.1, -0.05) is 35.3 Å². The predicted octanol–water partition coefficient (Wildman–Crippen LogP) is 4.79. The van der Waals surface area contributed by atoms with Gasteiger partial charge in [0.15, 0.2) is 0 Å². The van der Waals surface area contributed by atoms with E-state index in [4.69, 9.17) is 27.9 Å². The van der Waals surface area contributed by atoms with Gasteiger partial charge in [0.2, 0.25) is 5.78 Å². The fourth-order valence-electron chi connectivity index (χ4n) is 1.83. The van der Waals surface area contributed by atoms with Crippen molar-refractivity contribution in [3.63, 3.8) is 0 Å². The smallest absolute Gasteiger partial charge is 0.203 e. The first-order chi connectivity index (χ1) is 10.6. The number of carbonyl (C=O) groups is 1. The number of benzene rings is 2. The molecule has 0 aliphatic heterocycles. The molecule has 22 heavy (non-hydrogen) atoms. The summed E-state index contributed by atoms with van der Waals surface area (Å²) in [7, 11) is 1.54. The molecule has 2 aromatic rings. The summed E-state index contributed by atoms with van der Waals surface area (Å²) in [5.41, 5.74) is 0.897. The molecule has 2 aromatic carbocycles. The van der Waals surface area contributed by atoms with Gasteiger partial charge in [-0.3, -0.25) is 4.79 Å². The molecule has 0 aliphatic rings. The number of hydrogen-bond donors (Lipinski definition) is 0. The molecule has 2 rings (SSSR count). The first-order valence-corrected chi connectivity index (χ1v) is 7.07. The average molecular weight is 332 g/mol. The number of carbonyl (C=O) groups excluding carboxylic acids is 1. The molecular formula is C17H11Cl2NO2. The van der Waals surface area contributed by atoms with E-state index in [9.17, 15) is 10.1 Å². The van der Waals surface area contributed by atoms with Crippen LogP contribution in [0.15, 0.2) is 48.0 Å². The summed E-state index contributed by atoms with van der Waals surface area (Å²) >= 11 is 12.0. The third-order valence-corrected chi connectivity index (χ3v) is 3.83. The molecule has 5 heteroatoms. The normalized spacial score (nSPS) is 10.9. The van der Waals surface area contributed by atoms with E-state index in [1.807, 2.05) is 6.07 Å². The van der Waals surface area contributed by atoms with Crippen LogP contribution in [0.25, 0.3) is 6.08 Å². The van der Waals surface area contributed by atoms with Crippen molar-refractivity contribution in [1.29, 1.82) is 5.26 Å². The highest BCUT2D eigenvalue weighted by molar-refractivity contribution is 6.43. The summed E-state index contributed by atoms with van der Waals surface area (Å²) in [4.78, 5) is 12.4. The van der Waals surface area contributed by atoms with Gasteiger partial charge in [0.1, 0.15) is 17.4 Å². The van der Waals surface area contributed by atoms with Crippen molar-refractivity contribution in [3.8, 4) is 11.8 Å². The zero-order chi connectivity index (χ0) is 16.1. The second-order valence-electron chi connectivity index (χ2n) is 4.37. The maximum atomic E-state index is 12.4. The van der Waals surface area contributed by atoms with Gasteiger partial charge in [-0.05, 0) is 42.0 Å². The molecule has 0 saturated heterocycles. The summed E-state index contributed by atoms with van der Waals surface area (Å²) in [6.45, 7) is 0. The molecule has 110 valence electrons. The van der Waals surface area contributed by atoms with Crippen LogP contribution >= 0.6 is 23.2 Å². The lowest BCUT2D eigenvalue weighted by molar-refractivity contribution is 0.104. The topological polar surface area (TPSA) is 50.1 Å². The summed E-state index contributed by atoms with van der Waals surface area (Å²) < 4.78 is 5.04. The predicted molar refractivity (Wildman–Crippen MR) is 87.4 cm³/mol. The fourth-order valence-corrected chi connectivity index (χ4v) is 2.20. The van der Waals surface area contributed by atoms with Crippen molar-refractivity contribution in [3.05, 3.63) is 69.2 Å². The van der Waals surface area contributed by atoms with E-state index in [2.05, 4.69) is 0 Å². The van der Waals surface area contributed by atoms with Crippen molar-refractivity contribution >= 4 is 35.1 Å². The Bertz CT molecular complexity index is 774. The Hall–Kier alpha value is -2.28. The molecule has 0 unspecified atom stereocenters. The molecular weight excluding hydrogens is 321 g/mol. The number of allylic oxidation sites excluding steroid dienone is 1. The van der Waals surface area contributed by atoms with Gasteiger partial charge in [-0.2, -0.15) is 5.26 Å². The number of ketones is 1. The van der Waals surface area contributed by atoms with E-state index in [0.29, 0.717) is 26.9 Å². The molecule has 0 heterocycles. The maximum Gasteiger partial charge on any atom is 0.203 e. The molecule has 3 nitrogen and oxygen atoms in total. The maximum absolute atomic E-state index is 12.4. The SMILES string of the molecule is COc1ccc(C(=O)/C(C#N)=C/c2cccc(Cl)c2Cl)cc1. The first kappa shape index (κ1) is 16.1. The van der Waals surface area contributed by atoms with Crippen LogP contribution < -0.4 is 4.74 Å². The van der Waals surface area contributed by atoms with E-state index in [-0.39, 0.29) is 11.4 Å². The second-order valence-corrected chi connectivity index (χ2v) is 5.16. The van der Waals surface area contributed by atoms with Gasteiger partial charge < -0.3 is 4.74 Å². The van der Waals surface area contributed by atoms with Crippen LogP contribution in [0.4, 0.5) is 0 Å². The number of Topliss-reactive ketones (excluding diaryl/α,β-unsaturated/α-hetero) is 1. The van der Waals surface area contributed by atoms with Gasteiger partial charge >= 0.3 is 0 Å². The van der Waals surface area contributed by atoms with Crippen molar-refractivity contribution in [1.82, 2.24) is 0 Å². The Morgan fingerprint density at radius 2 is 1.86 bits per heavy atom. The highest BCUT2D eigenvalue weighted by Gasteiger charge is 2.13. The van der Waals surface area contributed by atoms with Crippen LogP contribution in [-0.4, -0.2) is 12.9 Å². The second kappa shape index (κ2) is 7.13. The molecule has 0 radical (unpaired) electrons. The highest BCUT2D eigenvalue weighted by Crippen LogP contribution is 2.27. The summed E-state index contributed by atoms with van der Waals surface area (Å²) in [5, 5.41) is 9.91. The third-order valence-electron chi connectivity index (χ3n) is 3.00. The van der Waals surface area contributed by atoms with E-state index >= 15 is 0 Å². The molecule has 0 fully saturated rings. The molecule has 0 spiro atoms. The van der Waals surface area contributed by atoms with Gasteiger partial charge in [-0.15, -0.1) is 0 Å². The number of nitriles is 1. The van der Waals surface area contributed by atoms with Crippen LogP contribution in [0.3, 0.4) is 0 Å². The Morgan fingerprint density at radius 1 is 1.18 bits per heavy atom. The zero-order valence-electron chi connectivity index (χ0n) is 11.6. The Kier molecular flexibility index (Phi) is 5.21. The lowest BCUT2D eigenvalue weighted by atomic mass is 10.0. The van der Waals surface area contributed by atoms with E-state index < -0.39 is 0 Å². The van der Waals surface area contributed by atoms with Crippen LogP contribution in [0.2, 0.25) is 10.0 Å². The Balaban J connectivity index is 2.38. The van der Waals surface area contributed by atoms with Crippen LogP contribution in [0, 0.1) is 11.3 Å². The monoisotopic (exact) mass is 331 g/mol. The van der Waals surface area contributed by atoms with Crippen molar-refractivity contribution in [2.75, 3.05) is 7.11 Å². The molecule has 0 bridgehead atoms. The van der Waals surface area contributed by atoms with E-state index in [1.54, 1.807) is 49.6 Å². The minimum Gasteiger partial charge on any atom is -0.497 e. The zero-order valence-corrected chi connectivity index (χ0v) is 13.2. The van der Waals surface area contributed by atoms with Crippen LogP contribution in [-0.2, 0) is 0 Å². The number of rotatable bonds is 4. The third kappa shape index (κ3) is 3.48. The number of hydrogen-bond acceptors (Lipinski definition) is 3. The summed E-state index contributed by atoms with van der Waals surface area (Å²) in [6, 6.07) is 13.5. The lowest BCUT2D eigenvalue weighted by Crippen LogP contribution is -2.02. The minimum absolute atomic E-state index is 0.0191. The van der Waals surface area contributed by atoms with Gasteiger partial charge in [0.05, 0.1) is 17.2 Å². The molecule has 0 atom stereocenters. The van der Waals surface area contributed by atoms with Crippen molar-refractivity contribution in [2.45, 2.75) is 0 Å². The largest absolute Gasteiger partial charge is 0.497 e. The number of nitrogens with zero attached hydrogens (tertiary/aromatic N) is 1. The van der Waals surface area contributed by atoms with Crippen LogP contribution in [0.5, 0.6) is 5.75 Å². The molecule has 0 aliphatic carbocycles. The first-order valence-electron chi connectivity index (χ1n) is 6.31. The summed E-state index contributed by atoms with van der Waals surface area (Å²) in [5.74, 6) is 0.248. The van der Waals surface area contributed by atoms with Crippen LogP contribution in [0.1, 0.15) is 15.9 Å². The number of halogens is 2. The van der Waals surface area contributed by atoms with Gasteiger partial charge in [0.25, 0.3) is 0 Å². The van der Waals surface area contributed by atoms with E-state index in [1.165, 1.54) is 6.08 Å². The standard InChI is InChI=1S/C17H11Cl2NO2/c1-22-14-7-5-11(6-8-14)17(21)13(10-20)9-12-3-2-4-15(18)16(12)19/h2-9H,1H3/b13-9+. The number of methoxy groups -OCH3 is 1. The lowest BCUT2D eigenvalue weighted by Gasteiger charge is -2.04. The van der Waals surface area contributed by atoms with Crippen molar-refractivity contribution in [2.24, 2.45) is 0 Å². The average Bonchev–Trinajstić information content (AvgIpc) is 2.55. The molecule has 0 amide bonds. The molecule has 0 aromatic heterocycles. The molecule has 0 N–H and O–H groups in total. The number of ether oxygens (including phenoxy) is 1.